The maximum absolute atomic E-state index is 12.9. The minimum atomic E-state index is -3.28. The number of amides is 1. The normalized spacial score (nSPS) is 17.1. The van der Waals surface area contributed by atoms with Gasteiger partial charge in [0.1, 0.15) is 5.82 Å². The second-order valence-electron chi connectivity index (χ2n) is 8.54. The van der Waals surface area contributed by atoms with E-state index >= 15 is 0 Å². The van der Waals surface area contributed by atoms with Gasteiger partial charge in [-0.3, -0.25) is 9.69 Å². The quantitative estimate of drug-likeness (QED) is 0.557. The third-order valence-electron chi connectivity index (χ3n) is 5.58. The number of sulfonamides is 1. The number of aryl methyl sites for hydroxylation is 1. The van der Waals surface area contributed by atoms with Crippen molar-refractivity contribution in [3.8, 4) is 16.9 Å². The maximum Gasteiger partial charge on any atom is 0.239 e. The second kappa shape index (κ2) is 9.86. The lowest BCUT2D eigenvalue weighted by atomic mass is 10.1. The van der Waals surface area contributed by atoms with Crippen LogP contribution in [0.3, 0.4) is 0 Å². The van der Waals surface area contributed by atoms with Gasteiger partial charge >= 0.3 is 0 Å². The van der Waals surface area contributed by atoms with Gasteiger partial charge in [-0.05, 0) is 38.4 Å². The summed E-state index contributed by atoms with van der Waals surface area (Å²) in [6, 6.07) is 19.5. The Kier molecular flexibility index (Phi) is 6.92. The van der Waals surface area contributed by atoms with Crippen molar-refractivity contribution in [2.45, 2.75) is 25.8 Å². The summed E-state index contributed by atoms with van der Waals surface area (Å²) in [5, 5.41) is 7.75. The van der Waals surface area contributed by atoms with Crippen LogP contribution in [0.5, 0.6) is 0 Å². The first-order valence-corrected chi connectivity index (χ1v) is 12.9. The summed E-state index contributed by atoms with van der Waals surface area (Å²) >= 11 is 0. The van der Waals surface area contributed by atoms with E-state index in [1.54, 1.807) is 4.68 Å². The number of piperidine rings is 1. The number of para-hydroxylation sites is 1. The van der Waals surface area contributed by atoms with E-state index in [-0.39, 0.29) is 18.5 Å². The Balaban J connectivity index is 1.51. The zero-order valence-corrected chi connectivity index (χ0v) is 19.7. The number of hydrogen-bond donors (Lipinski definition) is 2. The van der Waals surface area contributed by atoms with Gasteiger partial charge in [-0.1, -0.05) is 48.0 Å². The molecule has 2 N–H and O–H groups in total. The van der Waals surface area contributed by atoms with E-state index in [0.717, 1.165) is 42.6 Å². The molecule has 1 amide bonds. The number of nitrogens with zero attached hydrogens (tertiary/aromatic N) is 3. The summed E-state index contributed by atoms with van der Waals surface area (Å²) in [5.74, 6) is 0.423. The fraction of sp³-hybridized carbons (Fsp3) is 0.333. The predicted molar refractivity (Wildman–Crippen MR) is 130 cm³/mol. The Labute approximate surface area is 194 Å². The van der Waals surface area contributed by atoms with E-state index in [0.29, 0.717) is 12.4 Å². The number of benzene rings is 2. The molecule has 0 radical (unpaired) electrons. The highest BCUT2D eigenvalue weighted by Gasteiger charge is 2.24. The number of carbonyl (C=O) groups excluding carboxylic acids is 1. The standard InChI is InChI=1S/C24H29N5O3S/c1-18-10-12-19(13-11-18)22-15-23(29(26-22)21-8-4-3-5-9-21)25-24(30)17-28-14-6-7-20(16-28)27-33(2,31)32/h3-5,8-13,15,20,27H,6-7,14,16-17H2,1-2H3,(H,25,30). The fourth-order valence-electron chi connectivity index (χ4n) is 4.09. The number of carbonyl (C=O) groups is 1. The van der Waals surface area contributed by atoms with Crippen molar-refractivity contribution in [2.24, 2.45) is 0 Å². The molecule has 2 heterocycles. The van der Waals surface area contributed by atoms with Gasteiger partial charge in [0.2, 0.25) is 15.9 Å². The Bertz CT molecular complexity index is 1210. The lowest BCUT2D eigenvalue weighted by Gasteiger charge is -2.32. The molecule has 3 aromatic rings. The van der Waals surface area contributed by atoms with Crippen LogP contribution in [0.2, 0.25) is 0 Å². The van der Waals surface area contributed by atoms with Gasteiger partial charge in [-0.2, -0.15) is 5.10 Å². The molecule has 1 unspecified atom stereocenters. The monoisotopic (exact) mass is 467 g/mol. The average molecular weight is 468 g/mol. The first-order valence-electron chi connectivity index (χ1n) is 11.0. The molecule has 1 aromatic heterocycles. The number of hydrogen-bond acceptors (Lipinski definition) is 5. The molecule has 0 spiro atoms. The molecule has 0 bridgehead atoms. The van der Waals surface area contributed by atoms with Crippen molar-refractivity contribution in [1.29, 1.82) is 0 Å². The van der Waals surface area contributed by atoms with Crippen molar-refractivity contribution < 1.29 is 13.2 Å². The van der Waals surface area contributed by atoms with Crippen LogP contribution in [0.4, 0.5) is 5.82 Å². The highest BCUT2D eigenvalue weighted by atomic mass is 32.2. The van der Waals surface area contributed by atoms with Crippen LogP contribution in [0.25, 0.3) is 16.9 Å². The molecule has 1 atom stereocenters. The SMILES string of the molecule is Cc1ccc(-c2cc(NC(=O)CN3CCCC(NS(C)(=O)=O)C3)n(-c3ccccc3)n2)cc1. The topological polar surface area (TPSA) is 96.3 Å². The lowest BCUT2D eigenvalue weighted by Crippen LogP contribution is -2.49. The fourth-order valence-corrected chi connectivity index (χ4v) is 4.88. The summed E-state index contributed by atoms with van der Waals surface area (Å²) in [6.07, 6.45) is 2.76. The van der Waals surface area contributed by atoms with Crippen molar-refractivity contribution in [3.63, 3.8) is 0 Å². The van der Waals surface area contributed by atoms with Crippen molar-refractivity contribution >= 4 is 21.7 Å². The molecule has 4 rings (SSSR count). The molecule has 9 heteroatoms. The van der Waals surface area contributed by atoms with Crippen LogP contribution in [0.1, 0.15) is 18.4 Å². The molecule has 174 valence electrons. The van der Waals surface area contributed by atoms with E-state index in [9.17, 15) is 13.2 Å². The Morgan fingerprint density at radius 3 is 2.55 bits per heavy atom. The van der Waals surface area contributed by atoms with Gasteiger partial charge in [0, 0.05) is 24.2 Å². The molecule has 2 aromatic carbocycles. The summed E-state index contributed by atoms with van der Waals surface area (Å²) < 4.78 is 27.5. The third-order valence-corrected chi connectivity index (χ3v) is 6.34. The molecule has 1 aliphatic heterocycles. The van der Waals surface area contributed by atoms with Gasteiger partial charge in [-0.25, -0.2) is 17.8 Å². The summed E-state index contributed by atoms with van der Waals surface area (Å²) in [7, 11) is -3.28. The van der Waals surface area contributed by atoms with Crippen LogP contribution in [-0.4, -0.2) is 60.9 Å². The zero-order chi connectivity index (χ0) is 23.4. The second-order valence-corrected chi connectivity index (χ2v) is 10.3. The average Bonchev–Trinajstić information content (AvgIpc) is 3.17. The van der Waals surface area contributed by atoms with Crippen molar-refractivity contribution in [2.75, 3.05) is 31.2 Å². The van der Waals surface area contributed by atoms with Crippen molar-refractivity contribution in [1.82, 2.24) is 19.4 Å². The molecular weight excluding hydrogens is 438 g/mol. The van der Waals surface area contributed by atoms with E-state index in [1.807, 2.05) is 72.5 Å². The lowest BCUT2D eigenvalue weighted by molar-refractivity contribution is -0.117. The number of rotatable bonds is 7. The van der Waals surface area contributed by atoms with Crippen molar-refractivity contribution in [3.05, 3.63) is 66.2 Å². The molecule has 33 heavy (non-hydrogen) atoms. The minimum absolute atomic E-state index is 0.164. The number of aromatic nitrogens is 2. The molecule has 1 saturated heterocycles. The Hall–Kier alpha value is -3.01. The van der Waals surface area contributed by atoms with Gasteiger partial charge in [0.05, 0.1) is 24.2 Å². The van der Waals surface area contributed by atoms with Crippen LogP contribution in [0.15, 0.2) is 60.7 Å². The zero-order valence-electron chi connectivity index (χ0n) is 18.9. The predicted octanol–water partition coefficient (Wildman–Crippen LogP) is 2.80. The molecular formula is C24H29N5O3S. The smallest absolute Gasteiger partial charge is 0.239 e. The maximum atomic E-state index is 12.9. The molecule has 1 aliphatic rings. The largest absolute Gasteiger partial charge is 0.309 e. The van der Waals surface area contributed by atoms with Crippen LogP contribution >= 0.6 is 0 Å². The molecule has 1 fully saturated rings. The highest BCUT2D eigenvalue weighted by molar-refractivity contribution is 7.88. The Morgan fingerprint density at radius 1 is 1.12 bits per heavy atom. The van der Waals surface area contributed by atoms with E-state index in [4.69, 9.17) is 5.10 Å². The van der Waals surface area contributed by atoms with Crippen LogP contribution in [-0.2, 0) is 14.8 Å². The van der Waals surface area contributed by atoms with Crippen LogP contribution < -0.4 is 10.0 Å². The minimum Gasteiger partial charge on any atom is -0.309 e. The summed E-state index contributed by atoms with van der Waals surface area (Å²) in [6.45, 7) is 3.48. The van der Waals surface area contributed by atoms with Crippen LogP contribution in [0, 0.1) is 6.92 Å². The number of nitrogens with one attached hydrogen (secondary N) is 2. The summed E-state index contributed by atoms with van der Waals surface area (Å²) in [4.78, 5) is 14.9. The van der Waals surface area contributed by atoms with E-state index in [2.05, 4.69) is 10.0 Å². The molecule has 8 nitrogen and oxygen atoms in total. The van der Waals surface area contributed by atoms with E-state index in [1.165, 1.54) is 5.56 Å². The Morgan fingerprint density at radius 2 is 1.85 bits per heavy atom. The van der Waals surface area contributed by atoms with Gasteiger partial charge < -0.3 is 5.32 Å². The summed E-state index contributed by atoms with van der Waals surface area (Å²) in [5.41, 5.74) is 3.75. The van der Waals surface area contributed by atoms with E-state index < -0.39 is 10.0 Å². The third kappa shape index (κ3) is 6.28. The number of anilines is 1. The highest BCUT2D eigenvalue weighted by Crippen LogP contribution is 2.25. The first kappa shape index (κ1) is 23.2. The van der Waals surface area contributed by atoms with Gasteiger partial charge in [0.25, 0.3) is 0 Å². The van der Waals surface area contributed by atoms with Gasteiger partial charge in [-0.15, -0.1) is 0 Å². The molecule has 0 saturated carbocycles. The van der Waals surface area contributed by atoms with Gasteiger partial charge in [0.15, 0.2) is 0 Å². The molecule has 0 aliphatic carbocycles. The number of likely N-dealkylation sites (tertiary alicyclic amines) is 1. The first-order chi connectivity index (χ1) is 15.8.